The minimum Gasteiger partial charge on any atom is -0.477 e. The van der Waals surface area contributed by atoms with Gasteiger partial charge >= 0.3 is 0 Å². The molecule has 4 nitrogen and oxygen atoms in total. The van der Waals surface area contributed by atoms with Gasteiger partial charge in [0.1, 0.15) is 5.65 Å². The molecular weight excluding hydrogens is 228 g/mol. The molecule has 2 aromatic heterocycles. The second-order valence-electron chi connectivity index (χ2n) is 3.33. The van der Waals surface area contributed by atoms with Crippen molar-refractivity contribution >= 4 is 17.2 Å². The first-order valence-corrected chi connectivity index (χ1v) is 5.33. The van der Waals surface area contributed by atoms with Crippen molar-refractivity contribution in [1.82, 2.24) is 9.38 Å². The second-order valence-corrected chi connectivity index (χ2v) is 3.71. The summed E-state index contributed by atoms with van der Waals surface area (Å²) in [6.07, 6.45) is 0. The number of pyridine rings is 1. The van der Waals surface area contributed by atoms with Crippen molar-refractivity contribution in [3.05, 3.63) is 39.3 Å². The van der Waals surface area contributed by atoms with Gasteiger partial charge in [-0.15, -0.1) is 0 Å². The highest BCUT2D eigenvalue weighted by Crippen LogP contribution is 2.18. The molecule has 0 amide bonds. The summed E-state index contributed by atoms with van der Waals surface area (Å²) in [5.74, 6) is 0.194. The van der Waals surface area contributed by atoms with E-state index in [1.165, 1.54) is 4.40 Å². The van der Waals surface area contributed by atoms with E-state index in [0.717, 1.165) is 5.69 Å². The summed E-state index contributed by atoms with van der Waals surface area (Å²) in [7, 11) is 0. The van der Waals surface area contributed by atoms with Gasteiger partial charge in [-0.2, -0.15) is 4.98 Å². The molecule has 0 aromatic carbocycles. The molecule has 0 aliphatic heterocycles. The number of aryl methyl sites for hydroxylation is 1. The summed E-state index contributed by atoms with van der Waals surface area (Å²) in [6, 6.07) is 5.40. The third kappa shape index (κ3) is 1.65. The Morgan fingerprint density at radius 1 is 1.50 bits per heavy atom. The van der Waals surface area contributed by atoms with Crippen molar-refractivity contribution in [1.29, 1.82) is 0 Å². The molecule has 0 atom stereocenters. The summed E-state index contributed by atoms with van der Waals surface area (Å²) in [5, 5.41) is 0.0219. The number of nitrogens with zero attached hydrogens (tertiary/aromatic N) is 2. The van der Waals surface area contributed by atoms with Gasteiger partial charge in [-0.05, 0) is 26.0 Å². The molecular formula is C11H11ClN2O2. The lowest BCUT2D eigenvalue weighted by Crippen LogP contribution is -2.18. The van der Waals surface area contributed by atoms with Crippen LogP contribution < -0.4 is 10.3 Å². The zero-order valence-electron chi connectivity index (χ0n) is 9.03. The van der Waals surface area contributed by atoms with Crippen LogP contribution in [-0.2, 0) is 0 Å². The number of halogens is 1. The Morgan fingerprint density at radius 3 is 2.94 bits per heavy atom. The van der Waals surface area contributed by atoms with Crippen LogP contribution in [0.4, 0.5) is 0 Å². The van der Waals surface area contributed by atoms with Crippen molar-refractivity contribution in [3.63, 3.8) is 0 Å². The van der Waals surface area contributed by atoms with E-state index in [1.54, 1.807) is 6.07 Å². The molecule has 0 radical (unpaired) electrons. The molecule has 0 saturated carbocycles. The summed E-state index contributed by atoms with van der Waals surface area (Å²) in [5.41, 5.74) is 1.03. The molecule has 5 heteroatoms. The van der Waals surface area contributed by atoms with Crippen LogP contribution in [0.2, 0.25) is 5.02 Å². The van der Waals surface area contributed by atoms with E-state index in [1.807, 2.05) is 26.0 Å². The Bertz CT molecular complexity index is 592. The Morgan fingerprint density at radius 2 is 2.25 bits per heavy atom. The van der Waals surface area contributed by atoms with Gasteiger partial charge in [0.05, 0.1) is 6.61 Å². The highest BCUT2D eigenvalue weighted by molar-refractivity contribution is 6.31. The average Bonchev–Trinajstić information content (AvgIpc) is 2.25. The van der Waals surface area contributed by atoms with E-state index >= 15 is 0 Å². The lowest BCUT2D eigenvalue weighted by Gasteiger charge is -2.08. The van der Waals surface area contributed by atoms with Gasteiger partial charge in [0.25, 0.3) is 5.56 Å². The summed E-state index contributed by atoms with van der Waals surface area (Å²) >= 11 is 5.90. The monoisotopic (exact) mass is 238 g/mol. The fourth-order valence-electron chi connectivity index (χ4n) is 1.53. The van der Waals surface area contributed by atoms with Crippen molar-refractivity contribution < 1.29 is 4.74 Å². The predicted molar refractivity (Wildman–Crippen MR) is 62.4 cm³/mol. The molecule has 16 heavy (non-hydrogen) atoms. The normalized spacial score (nSPS) is 10.7. The molecule has 84 valence electrons. The first-order valence-electron chi connectivity index (χ1n) is 4.96. The lowest BCUT2D eigenvalue weighted by molar-refractivity contribution is 0.327. The molecule has 0 saturated heterocycles. The fraction of sp³-hybridized carbons (Fsp3) is 0.273. The minimum absolute atomic E-state index is 0.0219. The van der Waals surface area contributed by atoms with Crippen molar-refractivity contribution in [2.75, 3.05) is 6.61 Å². The van der Waals surface area contributed by atoms with Crippen LogP contribution in [0.5, 0.6) is 5.88 Å². The molecule has 2 rings (SSSR count). The molecule has 0 aliphatic rings. The number of hydrogen-bond donors (Lipinski definition) is 0. The number of ether oxygens (including phenoxy) is 1. The molecule has 0 bridgehead atoms. The van der Waals surface area contributed by atoms with E-state index in [-0.39, 0.29) is 16.5 Å². The lowest BCUT2D eigenvalue weighted by atomic mass is 10.3. The van der Waals surface area contributed by atoms with Crippen LogP contribution in [0, 0.1) is 6.92 Å². The van der Waals surface area contributed by atoms with Crippen molar-refractivity contribution in [2.45, 2.75) is 13.8 Å². The summed E-state index contributed by atoms with van der Waals surface area (Å²) in [6.45, 7) is 4.07. The average molecular weight is 239 g/mol. The molecule has 0 N–H and O–H groups in total. The first kappa shape index (κ1) is 11.0. The Hall–Kier alpha value is -1.55. The third-order valence-corrected chi connectivity index (χ3v) is 2.56. The second kappa shape index (κ2) is 4.14. The van der Waals surface area contributed by atoms with Gasteiger partial charge in [0.15, 0.2) is 5.02 Å². The van der Waals surface area contributed by atoms with Crippen molar-refractivity contribution in [3.8, 4) is 5.88 Å². The molecule has 2 heterocycles. The van der Waals surface area contributed by atoms with Crippen LogP contribution in [0.3, 0.4) is 0 Å². The molecule has 0 fully saturated rings. The standard InChI is InChI=1S/C11H11ClN2O2/c1-3-16-10-9(12)11(15)14-7(2)5-4-6-8(14)13-10/h4-6H,3H2,1-2H3. The Balaban J connectivity index is 2.83. The van der Waals surface area contributed by atoms with Crippen LogP contribution in [-0.4, -0.2) is 16.0 Å². The Kier molecular flexibility index (Phi) is 2.83. The van der Waals surface area contributed by atoms with E-state index in [2.05, 4.69) is 4.98 Å². The van der Waals surface area contributed by atoms with Crippen LogP contribution >= 0.6 is 11.6 Å². The number of rotatable bonds is 2. The first-order chi connectivity index (χ1) is 7.65. The van der Waals surface area contributed by atoms with Gasteiger partial charge in [0.2, 0.25) is 5.88 Å². The highest BCUT2D eigenvalue weighted by Gasteiger charge is 2.12. The maximum atomic E-state index is 12.0. The summed E-state index contributed by atoms with van der Waals surface area (Å²) in [4.78, 5) is 16.2. The van der Waals surface area contributed by atoms with Gasteiger partial charge < -0.3 is 4.74 Å². The molecule has 2 aromatic rings. The molecule has 0 spiro atoms. The van der Waals surface area contributed by atoms with Gasteiger partial charge in [0, 0.05) is 5.69 Å². The molecule has 0 unspecified atom stereocenters. The zero-order valence-corrected chi connectivity index (χ0v) is 9.78. The van der Waals surface area contributed by atoms with Crippen molar-refractivity contribution in [2.24, 2.45) is 0 Å². The topological polar surface area (TPSA) is 43.6 Å². The number of aromatic nitrogens is 2. The van der Waals surface area contributed by atoms with Gasteiger partial charge in [-0.25, -0.2) is 0 Å². The van der Waals surface area contributed by atoms with E-state index in [4.69, 9.17) is 16.3 Å². The van der Waals surface area contributed by atoms with E-state index in [9.17, 15) is 4.79 Å². The number of fused-ring (bicyclic) bond motifs is 1. The summed E-state index contributed by atoms with van der Waals surface area (Å²) < 4.78 is 6.67. The van der Waals surface area contributed by atoms with E-state index < -0.39 is 0 Å². The van der Waals surface area contributed by atoms with Gasteiger partial charge in [-0.1, -0.05) is 17.7 Å². The van der Waals surface area contributed by atoms with Crippen LogP contribution in [0.25, 0.3) is 5.65 Å². The maximum absolute atomic E-state index is 12.0. The van der Waals surface area contributed by atoms with Gasteiger partial charge in [-0.3, -0.25) is 9.20 Å². The fourth-order valence-corrected chi connectivity index (χ4v) is 1.71. The SMILES string of the molecule is CCOc1nc2cccc(C)n2c(=O)c1Cl. The van der Waals surface area contributed by atoms with E-state index in [0.29, 0.717) is 12.3 Å². The molecule has 0 aliphatic carbocycles. The quantitative estimate of drug-likeness (QED) is 0.804. The largest absolute Gasteiger partial charge is 0.477 e. The minimum atomic E-state index is -0.298. The maximum Gasteiger partial charge on any atom is 0.280 e. The zero-order chi connectivity index (χ0) is 11.7. The van der Waals surface area contributed by atoms with Crippen LogP contribution in [0.15, 0.2) is 23.0 Å². The predicted octanol–water partition coefficient (Wildman–Crippen LogP) is 2.06. The highest BCUT2D eigenvalue weighted by atomic mass is 35.5. The smallest absolute Gasteiger partial charge is 0.280 e. The Labute approximate surface area is 97.5 Å². The van der Waals surface area contributed by atoms with Crippen LogP contribution in [0.1, 0.15) is 12.6 Å². The third-order valence-electron chi connectivity index (χ3n) is 2.24. The number of hydrogen-bond acceptors (Lipinski definition) is 3.